The van der Waals surface area contributed by atoms with Crippen molar-refractivity contribution < 1.29 is 9.47 Å². The largest absolute Gasteiger partial charge is 0.457 e. The second-order valence-corrected chi connectivity index (χ2v) is 8.16. The predicted molar refractivity (Wildman–Crippen MR) is 126 cm³/mol. The number of nitrogens with one attached hydrogen (secondary N) is 1. The molecule has 30 heavy (non-hydrogen) atoms. The molecular formula is C27H37NO2. The van der Waals surface area contributed by atoms with Gasteiger partial charge in [-0.3, -0.25) is 0 Å². The molecule has 0 aromatic heterocycles. The summed E-state index contributed by atoms with van der Waals surface area (Å²) in [6.07, 6.45) is 16.0. The average molecular weight is 408 g/mol. The lowest BCUT2D eigenvalue weighted by Gasteiger charge is -2.10. The van der Waals surface area contributed by atoms with Gasteiger partial charge in [-0.1, -0.05) is 68.2 Å². The molecule has 1 saturated heterocycles. The van der Waals surface area contributed by atoms with Crippen LogP contribution in [0.15, 0.2) is 60.7 Å². The van der Waals surface area contributed by atoms with E-state index in [0.29, 0.717) is 6.04 Å². The Morgan fingerprint density at radius 3 is 2.33 bits per heavy atom. The summed E-state index contributed by atoms with van der Waals surface area (Å²) in [6.45, 7) is 2.99. The van der Waals surface area contributed by atoms with E-state index in [4.69, 9.17) is 9.47 Å². The Bertz CT molecular complexity index is 705. The number of allylic oxidation sites excluding steroid dienone is 1. The van der Waals surface area contributed by atoms with Gasteiger partial charge in [-0.2, -0.15) is 0 Å². The topological polar surface area (TPSA) is 30.5 Å². The molecule has 0 spiro atoms. The molecule has 0 amide bonds. The van der Waals surface area contributed by atoms with Gasteiger partial charge in [-0.15, -0.1) is 0 Å². The van der Waals surface area contributed by atoms with Crippen molar-refractivity contribution in [2.75, 3.05) is 19.8 Å². The van der Waals surface area contributed by atoms with Crippen LogP contribution in [-0.4, -0.2) is 25.8 Å². The van der Waals surface area contributed by atoms with Crippen LogP contribution in [0.4, 0.5) is 0 Å². The van der Waals surface area contributed by atoms with Gasteiger partial charge in [0, 0.05) is 12.6 Å². The second-order valence-electron chi connectivity index (χ2n) is 8.16. The van der Waals surface area contributed by atoms with Crippen LogP contribution in [0.25, 0.3) is 6.08 Å². The smallest absolute Gasteiger partial charge is 0.127 e. The lowest BCUT2D eigenvalue weighted by atomic mass is 10.1. The zero-order valence-corrected chi connectivity index (χ0v) is 18.2. The fourth-order valence-corrected chi connectivity index (χ4v) is 3.79. The fourth-order valence-electron chi connectivity index (χ4n) is 3.79. The molecule has 0 radical (unpaired) electrons. The van der Waals surface area contributed by atoms with Crippen LogP contribution in [0.2, 0.25) is 0 Å². The van der Waals surface area contributed by atoms with E-state index >= 15 is 0 Å². The van der Waals surface area contributed by atoms with Gasteiger partial charge < -0.3 is 14.8 Å². The first-order valence-electron chi connectivity index (χ1n) is 11.7. The van der Waals surface area contributed by atoms with Crippen LogP contribution < -0.4 is 10.1 Å². The van der Waals surface area contributed by atoms with Crippen molar-refractivity contribution in [3.8, 4) is 11.5 Å². The normalized spacial score (nSPS) is 16.3. The number of unbranched alkanes of at least 4 members (excludes halogenated alkanes) is 6. The van der Waals surface area contributed by atoms with Crippen molar-refractivity contribution in [3.63, 3.8) is 0 Å². The summed E-state index contributed by atoms with van der Waals surface area (Å²) in [4.78, 5) is 0. The zero-order valence-electron chi connectivity index (χ0n) is 18.2. The highest BCUT2D eigenvalue weighted by Gasteiger charge is 2.13. The van der Waals surface area contributed by atoms with Crippen molar-refractivity contribution in [1.29, 1.82) is 0 Å². The molecule has 2 aromatic rings. The van der Waals surface area contributed by atoms with Gasteiger partial charge in [0.05, 0.1) is 6.61 Å². The maximum Gasteiger partial charge on any atom is 0.127 e. The van der Waals surface area contributed by atoms with E-state index < -0.39 is 0 Å². The molecule has 0 aliphatic carbocycles. The van der Waals surface area contributed by atoms with Crippen LogP contribution in [0.1, 0.15) is 63.4 Å². The molecular weight excluding hydrogens is 370 g/mol. The molecule has 3 rings (SSSR count). The SMILES string of the molecule is C(=C\c1ccc(Oc2ccccc2)cc1)/CCCCCCCCOC[C@@H]1CCCN1. The van der Waals surface area contributed by atoms with Gasteiger partial charge in [0.25, 0.3) is 0 Å². The van der Waals surface area contributed by atoms with E-state index in [2.05, 4.69) is 29.6 Å². The molecule has 0 saturated carbocycles. The minimum absolute atomic E-state index is 0.610. The third kappa shape index (κ3) is 9.15. The Labute approximate surface area is 182 Å². The van der Waals surface area contributed by atoms with Crippen LogP contribution in [0.5, 0.6) is 11.5 Å². The number of benzene rings is 2. The van der Waals surface area contributed by atoms with E-state index in [9.17, 15) is 0 Å². The van der Waals surface area contributed by atoms with Crippen molar-refractivity contribution in [1.82, 2.24) is 5.32 Å². The number of hydrogen-bond donors (Lipinski definition) is 1. The highest BCUT2D eigenvalue weighted by atomic mass is 16.5. The van der Waals surface area contributed by atoms with Gasteiger partial charge in [0.1, 0.15) is 11.5 Å². The van der Waals surface area contributed by atoms with Gasteiger partial charge in [-0.25, -0.2) is 0 Å². The maximum atomic E-state index is 5.83. The molecule has 3 heteroatoms. The molecule has 1 atom stereocenters. The maximum absolute atomic E-state index is 5.83. The molecule has 1 aliphatic heterocycles. The molecule has 162 valence electrons. The van der Waals surface area contributed by atoms with Gasteiger partial charge in [0.2, 0.25) is 0 Å². The van der Waals surface area contributed by atoms with Crippen molar-refractivity contribution >= 4 is 6.08 Å². The first-order chi connectivity index (χ1) is 14.9. The molecule has 1 heterocycles. The summed E-state index contributed by atoms with van der Waals surface area (Å²) < 4.78 is 11.6. The summed E-state index contributed by atoms with van der Waals surface area (Å²) in [5, 5.41) is 3.48. The molecule has 0 unspecified atom stereocenters. The van der Waals surface area contributed by atoms with Crippen molar-refractivity contribution in [3.05, 3.63) is 66.2 Å². The second kappa shape index (κ2) is 14.0. The summed E-state index contributed by atoms with van der Waals surface area (Å²) in [5.74, 6) is 1.74. The van der Waals surface area contributed by atoms with Crippen LogP contribution >= 0.6 is 0 Å². The Morgan fingerprint density at radius 2 is 1.57 bits per heavy atom. The van der Waals surface area contributed by atoms with Crippen LogP contribution in [0.3, 0.4) is 0 Å². The monoisotopic (exact) mass is 407 g/mol. The minimum Gasteiger partial charge on any atom is -0.457 e. The molecule has 1 aliphatic rings. The van der Waals surface area contributed by atoms with E-state index in [0.717, 1.165) is 31.1 Å². The zero-order chi connectivity index (χ0) is 20.7. The number of hydrogen-bond acceptors (Lipinski definition) is 3. The molecule has 3 nitrogen and oxygen atoms in total. The Kier molecular flexibility index (Phi) is 10.5. The number of rotatable bonds is 14. The highest BCUT2D eigenvalue weighted by molar-refractivity contribution is 5.50. The first kappa shape index (κ1) is 22.6. The summed E-state index contributed by atoms with van der Waals surface area (Å²) in [5.41, 5.74) is 1.23. The van der Waals surface area contributed by atoms with Crippen molar-refractivity contribution in [2.45, 2.75) is 63.8 Å². The lowest BCUT2D eigenvalue weighted by Crippen LogP contribution is -2.26. The van der Waals surface area contributed by atoms with Gasteiger partial charge >= 0.3 is 0 Å². The third-order valence-corrected chi connectivity index (χ3v) is 5.56. The quantitative estimate of drug-likeness (QED) is 0.342. The summed E-state index contributed by atoms with van der Waals surface area (Å²) in [6, 6.07) is 18.8. The Hall–Kier alpha value is -2.10. The van der Waals surface area contributed by atoms with Crippen LogP contribution in [-0.2, 0) is 4.74 Å². The fraction of sp³-hybridized carbons (Fsp3) is 0.481. The average Bonchev–Trinajstić information content (AvgIpc) is 3.30. The Balaban J connectivity index is 1.16. The summed E-state index contributed by atoms with van der Waals surface area (Å²) in [7, 11) is 0. The predicted octanol–water partition coefficient (Wildman–Crippen LogP) is 6.99. The van der Waals surface area contributed by atoms with Crippen molar-refractivity contribution in [2.24, 2.45) is 0 Å². The lowest BCUT2D eigenvalue weighted by molar-refractivity contribution is 0.112. The molecule has 0 bridgehead atoms. The van der Waals surface area contributed by atoms with Crippen LogP contribution in [0, 0.1) is 0 Å². The number of ether oxygens (including phenoxy) is 2. The van der Waals surface area contributed by atoms with E-state index in [-0.39, 0.29) is 0 Å². The van der Waals surface area contributed by atoms with E-state index in [1.54, 1.807) is 0 Å². The van der Waals surface area contributed by atoms with Gasteiger partial charge in [0.15, 0.2) is 0 Å². The molecule has 2 aromatic carbocycles. The number of para-hydroxylation sites is 1. The molecule has 1 fully saturated rings. The molecule has 1 N–H and O–H groups in total. The van der Waals surface area contributed by atoms with E-state index in [1.807, 2.05) is 42.5 Å². The van der Waals surface area contributed by atoms with Gasteiger partial charge in [-0.05, 0) is 68.5 Å². The standard InChI is InChI=1S/C27H37NO2/c1(2-4-6-11-22-29-23-25-14-12-21-28-25)3-5-8-13-24-17-19-27(20-18-24)30-26-15-9-7-10-16-26/h7-10,13,15-20,25,28H,1-6,11-12,14,21-23H2/b13-8+/t25-/m0/s1. The first-order valence-corrected chi connectivity index (χ1v) is 11.7. The third-order valence-electron chi connectivity index (χ3n) is 5.56. The Morgan fingerprint density at radius 1 is 0.833 bits per heavy atom. The van der Waals surface area contributed by atoms with E-state index in [1.165, 1.54) is 63.5 Å². The summed E-state index contributed by atoms with van der Waals surface area (Å²) >= 11 is 0. The highest BCUT2D eigenvalue weighted by Crippen LogP contribution is 2.21. The minimum atomic E-state index is 0.610.